The van der Waals surface area contributed by atoms with Crippen molar-refractivity contribution in [3.05, 3.63) is 50.1 Å². The third kappa shape index (κ3) is 4.46. The fourth-order valence-electron chi connectivity index (χ4n) is 2.90. The summed E-state index contributed by atoms with van der Waals surface area (Å²) in [4.78, 5) is 25.6. The van der Waals surface area contributed by atoms with Crippen LogP contribution >= 0.6 is 11.3 Å². The minimum atomic E-state index is -0.956. The van der Waals surface area contributed by atoms with Crippen molar-refractivity contribution < 1.29 is 19.4 Å². The van der Waals surface area contributed by atoms with Crippen molar-refractivity contribution in [2.75, 3.05) is 13.2 Å². The topological polar surface area (TPSA) is 104 Å². The molecular weight excluding hydrogens is 394 g/mol. The summed E-state index contributed by atoms with van der Waals surface area (Å²) in [5.74, 6) is 0.201. The minimum Gasteiger partial charge on any atom is -0.491 e. The Morgan fingerprint density at radius 3 is 2.79 bits per heavy atom. The van der Waals surface area contributed by atoms with E-state index >= 15 is 0 Å². The monoisotopic (exact) mass is 417 g/mol. The minimum absolute atomic E-state index is 0.00709. The van der Waals surface area contributed by atoms with Gasteiger partial charge in [-0.25, -0.2) is 9.48 Å². The highest BCUT2D eigenvalue weighted by atomic mass is 32.1. The third-order valence-electron chi connectivity index (χ3n) is 4.44. The van der Waals surface area contributed by atoms with E-state index < -0.39 is 17.6 Å². The normalized spacial score (nSPS) is 12.2. The van der Waals surface area contributed by atoms with E-state index in [2.05, 4.69) is 10.3 Å². The number of thiophene rings is 1. The number of esters is 1. The van der Waals surface area contributed by atoms with Crippen molar-refractivity contribution in [3.8, 4) is 5.75 Å². The van der Waals surface area contributed by atoms with Gasteiger partial charge < -0.3 is 14.6 Å². The second-order valence-electron chi connectivity index (χ2n) is 6.77. The van der Waals surface area contributed by atoms with Gasteiger partial charge in [-0.2, -0.15) is 0 Å². The molecule has 29 heavy (non-hydrogen) atoms. The highest BCUT2D eigenvalue weighted by Crippen LogP contribution is 2.27. The van der Waals surface area contributed by atoms with Gasteiger partial charge in [0.2, 0.25) is 0 Å². The fourth-order valence-corrected chi connectivity index (χ4v) is 3.91. The molecule has 0 spiro atoms. The van der Waals surface area contributed by atoms with Crippen LogP contribution in [0.25, 0.3) is 10.2 Å². The molecule has 0 aliphatic carbocycles. The van der Waals surface area contributed by atoms with Gasteiger partial charge in [-0.15, -0.1) is 16.4 Å². The molecule has 1 aromatic carbocycles. The first kappa shape index (κ1) is 20.9. The van der Waals surface area contributed by atoms with Gasteiger partial charge in [-0.1, -0.05) is 17.3 Å². The first-order valence-corrected chi connectivity index (χ1v) is 10.1. The molecule has 154 valence electrons. The van der Waals surface area contributed by atoms with Gasteiger partial charge in [-0.3, -0.25) is 4.79 Å². The molecule has 0 bridgehead atoms. The van der Waals surface area contributed by atoms with Crippen molar-refractivity contribution in [1.82, 2.24) is 15.0 Å². The molecular formula is C20H23N3O5S. The molecule has 1 atom stereocenters. The van der Waals surface area contributed by atoms with Crippen molar-refractivity contribution in [2.24, 2.45) is 0 Å². The molecule has 0 saturated heterocycles. The number of carbonyl (C=O) groups excluding carboxylic acids is 1. The van der Waals surface area contributed by atoms with E-state index in [-0.39, 0.29) is 19.8 Å². The zero-order valence-electron chi connectivity index (χ0n) is 16.8. The average Bonchev–Trinajstić information content (AvgIpc) is 3.02. The lowest BCUT2D eigenvalue weighted by molar-refractivity contribution is 0.0531. The van der Waals surface area contributed by atoms with E-state index in [4.69, 9.17) is 9.47 Å². The number of aromatic nitrogens is 3. The van der Waals surface area contributed by atoms with Gasteiger partial charge in [0.05, 0.1) is 18.5 Å². The lowest BCUT2D eigenvalue weighted by Crippen LogP contribution is -2.32. The second kappa shape index (κ2) is 8.71. The van der Waals surface area contributed by atoms with Crippen LogP contribution in [0.2, 0.25) is 0 Å². The van der Waals surface area contributed by atoms with Crippen LogP contribution in [0.1, 0.15) is 33.3 Å². The molecule has 8 nitrogen and oxygen atoms in total. The Balaban J connectivity index is 1.78. The number of nitrogens with zero attached hydrogens (tertiary/aromatic N) is 3. The summed E-state index contributed by atoms with van der Waals surface area (Å²) < 4.78 is 11.8. The van der Waals surface area contributed by atoms with Crippen molar-refractivity contribution in [1.29, 1.82) is 0 Å². The number of fused-ring (bicyclic) bond motifs is 1. The summed E-state index contributed by atoms with van der Waals surface area (Å²) >= 11 is 1.08. The largest absolute Gasteiger partial charge is 0.491 e. The molecule has 1 unspecified atom stereocenters. The van der Waals surface area contributed by atoms with Gasteiger partial charge in [-0.05, 0) is 50.5 Å². The molecule has 0 aliphatic rings. The van der Waals surface area contributed by atoms with Gasteiger partial charge in [0, 0.05) is 0 Å². The Kier molecular flexibility index (Phi) is 6.29. The number of carbonyl (C=O) groups is 1. The highest BCUT2D eigenvalue weighted by molar-refractivity contribution is 7.20. The summed E-state index contributed by atoms with van der Waals surface area (Å²) in [6.45, 7) is 7.46. The Bertz CT molecular complexity index is 1110. The molecule has 3 rings (SSSR count). The van der Waals surface area contributed by atoms with E-state index in [0.717, 1.165) is 27.1 Å². The molecule has 2 heterocycles. The maximum absolute atomic E-state index is 12.8. The van der Waals surface area contributed by atoms with E-state index in [9.17, 15) is 14.7 Å². The summed E-state index contributed by atoms with van der Waals surface area (Å²) in [7, 11) is 0. The Labute approximate surface area is 171 Å². The van der Waals surface area contributed by atoms with Gasteiger partial charge >= 0.3 is 5.97 Å². The quantitative estimate of drug-likeness (QED) is 0.589. The fraction of sp³-hybridized carbons (Fsp3) is 0.400. The smallest absolute Gasteiger partial charge is 0.348 e. The molecule has 2 aromatic heterocycles. The lowest BCUT2D eigenvalue weighted by atomic mass is 10.1. The lowest BCUT2D eigenvalue weighted by Gasteiger charge is -2.14. The number of aliphatic hydroxyl groups is 1. The van der Waals surface area contributed by atoms with E-state index in [0.29, 0.717) is 26.4 Å². The maximum atomic E-state index is 12.8. The number of rotatable bonds is 7. The average molecular weight is 417 g/mol. The van der Waals surface area contributed by atoms with Crippen LogP contribution in [0.15, 0.2) is 23.0 Å². The van der Waals surface area contributed by atoms with Crippen molar-refractivity contribution in [2.45, 2.75) is 40.3 Å². The predicted molar refractivity (Wildman–Crippen MR) is 110 cm³/mol. The summed E-state index contributed by atoms with van der Waals surface area (Å²) in [6, 6.07) is 5.82. The summed E-state index contributed by atoms with van der Waals surface area (Å²) in [5, 5.41) is 18.6. The summed E-state index contributed by atoms with van der Waals surface area (Å²) in [6.07, 6.45) is -0.956. The van der Waals surface area contributed by atoms with Gasteiger partial charge in [0.25, 0.3) is 5.56 Å². The van der Waals surface area contributed by atoms with Crippen LogP contribution in [-0.2, 0) is 11.3 Å². The summed E-state index contributed by atoms with van der Waals surface area (Å²) in [5.41, 5.74) is 2.11. The molecule has 0 saturated carbocycles. The SMILES string of the molecule is CCOC(=O)c1sc2nnn(CC(O)COc3cc(C)ccc3C)c(=O)c2c1C. The van der Waals surface area contributed by atoms with E-state index in [1.807, 2.05) is 32.0 Å². The Morgan fingerprint density at radius 1 is 1.31 bits per heavy atom. The number of aryl methyl sites for hydroxylation is 3. The van der Waals surface area contributed by atoms with Crippen molar-refractivity contribution in [3.63, 3.8) is 0 Å². The van der Waals surface area contributed by atoms with Crippen LogP contribution < -0.4 is 10.3 Å². The maximum Gasteiger partial charge on any atom is 0.348 e. The third-order valence-corrected chi connectivity index (χ3v) is 5.60. The first-order valence-electron chi connectivity index (χ1n) is 9.24. The highest BCUT2D eigenvalue weighted by Gasteiger charge is 2.21. The van der Waals surface area contributed by atoms with Crippen LogP contribution in [0.4, 0.5) is 0 Å². The van der Waals surface area contributed by atoms with Crippen molar-refractivity contribution >= 4 is 27.5 Å². The second-order valence-corrected chi connectivity index (χ2v) is 7.77. The number of aliphatic hydroxyl groups excluding tert-OH is 1. The standard InChI is InChI=1S/C20H23N3O5S/c1-5-27-20(26)17-13(4)16-18(29-17)21-22-23(19(16)25)9-14(24)10-28-15-8-11(2)6-7-12(15)3/h6-8,14,24H,5,9-10H2,1-4H3. The number of ether oxygens (including phenoxy) is 2. The first-order chi connectivity index (χ1) is 13.8. The Hall–Kier alpha value is -2.78. The zero-order chi connectivity index (χ0) is 21.1. The molecule has 0 aliphatic heterocycles. The number of benzene rings is 1. The molecule has 0 radical (unpaired) electrons. The van der Waals surface area contributed by atoms with E-state index in [1.54, 1.807) is 13.8 Å². The number of hydrogen-bond acceptors (Lipinski definition) is 8. The van der Waals surface area contributed by atoms with Crippen LogP contribution in [0.3, 0.4) is 0 Å². The van der Waals surface area contributed by atoms with Gasteiger partial charge in [0.15, 0.2) is 4.83 Å². The zero-order valence-corrected chi connectivity index (χ0v) is 17.6. The van der Waals surface area contributed by atoms with Crippen LogP contribution in [0, 0.1) is 20.8 Å². The molecule has 9 heteroatoms. The molecule has 0 amide bonds. The van der Waals surface area contributed by atoms with Crippen LogP contribution in [0.5, 0.6) is 5.75 Å². The van der Waals surface area contributed by atoms with E-state index in [1.165, 1.54) is 0 Å². The van der Waals surface area contributed by atoms with Crippen LogP contribution in [-0.4, -0.2) is 45.4 Å². The molecule has 1 N–H and O–H groups in total. The predicted octanol–water partition coefficient (Wildman–Crippen LogP) is 2.39. The molecule has 3 aromatic rings. The number of hydrogen-bond donors (Lipinski definition) is 1. The molecule has 0 fully saturated rings. The Morgan fingerprint density at radius 2 is 2.07 bits per heavy atom. The van der Waals surface area contributed by atoms with Gasteiger partial charge in [0.1, 0.15) is 23.3 Å².